The van der Waals surface area contributed by atoms with Crippen molar-refractivity contribution in [3.8, 4) is 11.4 Å². The van der Waals surface area contributed by atoms with E-state index in [0.717, 1.165) is 16.0 Å². The van der Waals surface area contributed by atoms with E-state index in [4.69, 9.17) is 12.2 Å². The first kappa shape index (κ1) is 11.7. The molecule has 0 unspecified atom stereocenters. The van der Waals surface area contributed by atoms with Gasteiger partial charge in [0.25, 0.3) is 0 Å². The van der Waals surface area contributed by atoms with Gasteiger partial charge in [-0.2, -0.15) is 5.10 Å². The molecule has 1 aliphatic carbocycles. The van der Waals surface area contributed by atoms with E-state index in [1.807, 2.05) is 30.1 Å². The minimum atomic E-state index is 0.549. The van der Waals surface area contributed by atoms with E-state index < -0.39 is 0 Å². The van der Waals surface area contributed by atoms with Crippen molar-refractivity contribution in [3.63, 3.8) is 0 Å². The van der Waals surface area contributed by atoms with Crippen molar-refractivity contribution in [2.75, 3.05) is 0 Å². The molecular weight excluding hydrogens is 244 g/mol. The smallest absolute Gasteiger partial charge is 0.122 e. The molecule has 0 atom stereocenters. The molecule has 96 valence electrons. The number of rotatable bonds is 2. The number of aryl methyl sites for hydroxylation is 1. The first-order valence-electron chi connectivity index (χ1n) is 6.55. The quantitative estimate of drug-likeness (QED) is 0.842. The third-order valence-electron chi connectivity index (χ3n) is 3.78. The summed E-state index contributed by atoms with van der Waals surface area (Å²) in [5.74, 6) is 0. The number of nitrogens with zero attached hydrogens (tertiary/aromatic N) is 3. The SMILES string of the molecule is Cn1nccc1-c1cc(=S)n(C2CCCCC2)[nH]1. The van der Waals surface area contributed by atoms with Crippen LogP contribution in [0.2, 0.25) is 0 Å². The summed E-state index contributed by atoms with van der Waals surface area (Å²) in [7, 11) is 1.95. The van der Waals surface area contributed by atoms with E-state index in [2.05, 4.69) is 14.9 Å². The summed E-state index contributed by atoms with van der Waals surface area (Å²) in [6.07, 6.45) is 8.27. The average Bonchev–Trinajstić information content (AvgIpc) is 2.96. The van der Waals surface area contributed by atoms with E-state index in [1.54, 1.807) is 0 Å². The van der Waals surface area contributed by atoms with Crippen molar-refractivity contribution in [1.29, 1.82) is 0 Å². The molecule has 0 aromatic carbocycles. The van der Waals surface area contributed by atoms with Crippen LogP contribution < -0.4 is 0 Å². The van der Waals surface area contributed by atoms with Gasteiger partial charge in [-0.1, -0.05) is 31.5 Å². The first-order chi connectivity index (χ1) is 8.75. The molecule has 2 heterocycles. The third-order valence-corrected chi connectivity index (χ3v) is 4.10. The minimum Gasteiger partial charge on any atom is -0.295 e. The Morgan fingerprint density at radius 3 is 2.78 bits per heavy atom. The lowest BCUT2D eigenvalue weighted by molar-refractivity contribution is 0.327. The van der Waals surface area contributed by atoms with E-state index >= 15 is 0 Å². The Labute approximate surface area is 112 Å². The summed E-state index contributed by atoms with van der Waals surface area (Å²) in [5.41, 5.74) is 2.14. The fraction of sp³-hybridized carbons (Fsp3) is 0.538. The molecule has 0 radical (unpaired) electrons. The summed E-state index contributed by atoms with van der Waals surface area (Å²) in [4.78, 5) is 0. The maximum atomic E-state index is 5.47. The summed E-state index contributed by atoms with van der Waals surface area (Å²) in [6.45, 7) is 0. The van der Waals surface area contributed by atoms with E-state index in [9.17, 15) is 0 Å². The average molecular weight is 262 g/mol. The van der Waals surface area contributed by atoms with Crippen LogP contribution in [0, 0.1) is 4.64 Å². The maximum Gasteiger partial charge on any atom is 0.122 e. The normalized spacial score (nSPS) is 17.2. The van der Waals surface area contributed by atoms with Gasteiger partial charge in [0, 0.05) is 19.3 Å². The molecule has 0 aliphatic heterocycles. The van der Waals surface area contributed by atoms with Crippen LogP contribution in [0.5, 0.6) is 0 Å². The molecule has 2 aromatic rings. The number of aromatic nitrogens is 4. The summed E-state index contributed by atoms with van der Waals surface area (Å²) >= 11 is 5.47. The topological polar surface area (TPSA) is 38.5 Å². The Hall–Kier alpha value is -1.36. The molecule has 0 spiro atoms. The molecular formula is C13H18N4S. The number of aromatic amines is 1. The van der Waals surface area contributed by atoms with Gasteiger partial charge in [-0.25, -0.2) is 0 Å². The van der Waals surface area contributed by atoms with Gasteiger partial charge in [-0.3, -0.25) is 14.5 Å². The highest BCUT2D eigenvalue weighted by atomic mass is 32.1. The lowest BCUT2D eigenvalue weighted by atomic mass is 9.96. The predicted octanol–water partition coefficient (Wildman–Crippen LogP) is 3.45. The number of hydrogen-bond acceptors (Lipinski definition) is 2. The van der Waals surface area contributed by atoms with Gasteiger partial charge in [0.1, 0.15) is 4.64 Å². The molecule has 1 aliphatic rings. The fourth-order valence-electron chi connectivity index (χ4n) is 2.79. The third kappa shape index (κ3) is 2.03. The Kier molecular flexibility index (Phi) is 3.07. The molecule has 0 bridgehead atoms. The lowest BCUT2D eigenvalue weighted by Gasteiger charge is -2.22. The van der Waals surface area contributed by atoms with Gasteiger partial charge in [0.15, 0.2) is 0 Å². The van der Waals surface area contributed by atoms with E-state index in [0.29, 0.717) is 6.04 Å². The van der Waals surface area contributed by atoms with Crippen molar-refractivity contribution in [2.45, 2.75) is 38.1 Å². The summed E-state index contributed by atoms with van der Waals surface area (Å²) in [6, 6.07) is 4.60. The number of H-pyrrole nitrogens is 1. The van der Waals surface area contributed by atoms with Crippen molar-refractivity contribution >= 4 is 12.2 Å². The number of nitrogens with one attached hydrogen (secondary N) is 1. The molecule has 0 amide bonds. The van der Waals surface area contributed by atoms with Crippen LogP contribution in [-0.4, -0.2) is 19.6 Å². The molecule has 1 saturated carbocycles. The lowest BCUT2D eigenvalue weighted by Crippen LogP contribution is -2.14. The molecule has 2 aromatic heterocycles. The van der Waals surface area contributed by atoms with Gasteiger partial charge in [0.2, 0.25) is 0 Å². The largest absolute Gasteiger partial charge is 0.295 e. The summed E-state index contributed by atoms with van der Waals surface area (Å²) in [5, 5.41) is 7.64. The first-order valence-corrected chi connectivity index (χ1v) is 6.96. The minimum absolute atomic E-state index is 0.549. The predicted molar refractivity (Wildman–Crippen MR) is 73.9 cm³/mol. The highest BCUT2D eigenvalue weighted by molar-refractivity contribution is 7.71. The zero-order chi connectivity index (χ0) is 12.5. The number of hydrogen-bond donors (Lipinski definition) is 1. The zero-order valence-electron chi connectivity index (χ0n) is 10.6. The van der Waals surface area contributed by atoms with Crippen LogP contribution in [-0.2, 0) is 7.05 Å². The van der Waals surface area contributed by atoms with Crippen LogP contribution in [0.1, 0.15) is 38.1 Å². The van der Waals surface area contributed by atoms with Gasteiger partial charge in [-0.15, -0.1) is 0 Å². The van der Waals surface area contributed by atoms with Gasteiger partial charge in [-0.05, 0) is 18.9 Å². The molecule has 0 saturated heterocycles. The van der Waals surface area contributed by atoms with Crippen LogP contribution in [0.4, 0.5) is 0 Å². The standard InChI is InChI=1S/C13H18N4S/c1-16-12(7-8-14-16)11-9-13(18)17(15-11)10-5-3-2-4-6-10/h7-10,15H,2-6H2,1H3. The zero-order valence-corrected chi connectivity index (χ0v) is 11.4. The molecule has 4 nitrogen and oxygen atoms in total. The van der Waals surface area contributed by atoms with E-state index in [1.165, 1.54) is 32.1 Å². The second-order valence-electron chi connectivity index (χ2n) is 5.01. The Balaban J connectivity index is 1.96. The molecule has 3 rings (SSSR count). The fourth-order valence-corrected chi connectivity index (χ4v) is 3.10. The highest BCUT2D eigenvalue weighted by Gasteiger charge is 2.17. The summed E-state index contributed by atoms with van der Waals surface area (Å²) < 4.78 is 4.93. The van der Waals surface area contributed by atoms with Crippen molar-refractivity contribution in [2.24, 2.45) is 7.05 Å². The second kappa shape index (κ2) is 4.72. The maximum absolute atomic E-state index is 5.47. The van der Waals surface area contributed by atoms with E-state index in [-0.39, 0.29) is 0 Å². The van der Waals surface area contributed by atoms with Crippen LogP contribution in [0.15, 0.2) is 18.3 Å². The molecule has 18 heavy (non-hydrogen) atoms. The Morgan fingerprint density at radius 1 is 1.33 bits per heavy atom. The van der Waals surface area contributed by atoms with Crippen molar-refractivity contribution in [1.82, 2.24) is 19.6 Å². The van der Waals surface area contributed by atoms with Crippen LogP contribution in [0.25, 0.3) is 11.4 Å². The highest BCUT2D eigenvalue weighted by Crippen LogP contribution is 2.29. The molecule has 5 heteroatoms. The molecule has 1 N–H and O–H groups in total. The Morgan fingerprint density at radius 2 is 2.11 bits per heavy atom. The van der Waals surface area contributed by atoms with Crippen molar-refractivity contribution in [3.05, 3.63) is 23.0 Å². The monoisotopic (exact) mass is 262 g/mol. The van der Waals surface area contributed by atoms with Gasteiger partial charge >= 0.3 is 0 Å². The van der Waals surface area contributed by atoms with Gasteiger partial charge < -0.3 is 0 Å². The van der Waals surface area contributed by atoms with Crippen molar-refractivity contribution < 1.29 is 0 Å². The second-order valence-corrected chi connectivity index (χ2v) is 5.43. The molecule has 1 fully saturated rings. The van der Waals surface area contributed by atoms with Crippen LogP contribution >= 0.6 is 12.2 Å². The Bertz CT molecular complexity index is 586. The van der Waals surface area contributed by atoms with Gasteiger partial charge in [0.05, 0.1) is 17.4 Å². The van der Waals surface area contributed by atoms with Crippen LogP contribution in [0.3, 0.4) is 0 Å².